The Bertz CT molecular complexity index is 689. The van der Waals surface area contributed by atoms with E-state index in [0.717, 1.165) is 5.69 Å². The van der Waals surface area contributed by atoms with Gasteiger partial charge in [-0.25, -0.2) is 4.98 Å². The molecule has 0 spiro atoms. The third-order valence-electron chi connectivity index (χ3n) is 2.87. The summed E-state index contributed by atoms with van der Waals surface area (Å²) in [6.45, 7) is 0. The van der Waals surface area contributed by atoms with Crippen molar-refractivity contribution in [2.45, 2.75) is 0 Å². The Hall–Kier alpha value is -2.88. The SMILES string of the molecule is O=C(c1ccccc1)c1ccc(Nc2ncco2)cc1. The predicted molar refractivity (Wildman–Crippen MR) is 76.1 cm³/mol. The summed E-state index contributed by atoms with van der Waals surface area (Å²) in [6.07, 6.45) is 3.06. The number of carbonyl (C=O) groups is 1. The summed E-state index contributed by atoms with van der Waals surface area (Å²) >= 11 is 0. The summed E-state index contributed by atoms with van der Waals surface area (Å²) < 4.78 is 5.10. The van der Waals surface area contributed by atoms with Crippen molar-refractivity contribution in [3.8, 4) is 0 Å². The zero-order chi connectivity index (χ0) is 13.8. The van der Waals surface area contributed by atoms with Gasteiger partial charge in [-0.2, -0.15) is 0 Å². The molecule has 0 bridgehead atoms. The van der Waals surface area contributed by atoms with E-state index in [1.807, 2.05) is 30.3 Å². The molecule has 4 nitrogen and oxygen atoms in total. The summed E-state index contributed by atoms with van der Waals surface area (Å²) in [5, 5.41) is 3.00. The number of oxazole rings is 1. The standard InChI is InChI=1S/C16H12N2O2/c19-15(12-4-2-1-3-5-12)13-6-8-14(9-7-13)18-16-17-10-11-20-16/h1-11H,(H,17,18). The first kappa shape index (κ1) is 12.2. The third kappa shape index (κ3) is 2.59. The van der Waals surface area contributed by atoms with Crippen LogP contribution in [0.5, 0.6) is 0 Å². The van der Waals surface area contributed by atoms with E-state index < -0.39 is 0 Å². The van der Waals surface area contributed by atoms with Gasteiger partial charge >= 0.3 is 0 Å². The summed E-state index contributed by atoms with van der Waals surface area (Å²) in [7, 11) is 0. The molecule has 0 saturated carbocycles. The van der Waals surface area contributed by atoms with Crippen LogP contribution >= 0.6 is 0 Å². The highest BCUT2D eigenvalue weighted by atomic mass is 16.4. The highest BCUT2D eigenvalue weighted by Gasteiger charge is 2.08. The van der Waals surface area contributed by atoms with E-state index >= 15 is 0 Å². The van der Waals surface area contributed by atoms with Gasteiger partial charge in [0.2, 0.25) is 0 Å². The van der Waals surface area contributed by atoms with E-state index in [2.05, 4.69) is 10.3 Å². The Morgan fingerprint density at radius 3 is 2.30 bits per heavy atom. The first-order valence-corrected chi connectivity index (χ1v) is 6.19. The largest absolute Gasteiger partial charge is 0.432 e. The molecule has 0 aliphatic carbocycles. The molecule has 4 heteroatoms. The summed E-state index contributed by atoms with van der Waals surface area (Å²) in [5.41, 5.74) is 2.15. The lowest BCUT2D eigenvalue weighted by Gasteiger charge is -2.04. The van der Waals surface area contributed by atoms with Crippen molar-refractivity contribution in [2.75, 3.05) is 5.32 Å². The molecule has 0 aliphatic heterocycles. The smallest absolute Gasteiger partial charge is 0.299 e. The fraction of sp³-hybridized carbons (Fsp3) is 0. The lowest BCUT2D eigenvalue weighted by atomic mass is 10.0. The van der Waals surface area contributed by atoms with Gasteiger partial charge in [-0.1, -0.05) is 30.3 Å². The molecule has 3 rings (SSSR count). The molecule has 0 unspecified atom stereocenters. The van der Waals surface area contributed by atoms with E-state index in [9.17, 15) is 4.79 Å². The van der Waals surface area contributed by atoms with Gasteiger partial charge in [-0.3, -0.25) is 4.79 Å². The van der Waals surface area contributed by atoms with E-state index in [0.29, 0.717) is 17.1 Å². The van der Waals surface area contributed by atoms with Crippen LogP contribution in [0.15, 0.2) is 71.5 Å². The summed E-state index contributed by atoms with van der Waals surface area (Å²) in [5.74, 6) is 0.00766. The molecule has 0 saturated heterocycles. The molecule has 0 fully saturated rings. The number of ketones is 1. The maximum atomic E-state index is 12.2. The second-order valence-corrected chi connectivity index (χ2v) is 4.23. The van der Waals surface area contributed by atoms with Crippen molar-refractivity contribution in [2.24, 2.45) is 0 Å². The van der Waals surface area contributed by atoms with Crippen LogP contribution in [0.25, 0.3) is 0 Å². The molecular weight excluding hydrogens is 252 g/mol. The van der Waals surface area contributed by atoms with Crippen LogP contribution in [0.2, 0.25) is 0 Å². The van der Waals surface area contributed by atoms with Gasteiger partial charge in [0.05, 0.1) is 6.20 Å². The van der Waals surface area contributed by atoms with Gasteiger partial charge < -0.3 is 9.73 Å². The molecule has 20 heavy (non-hydrogen) atoms. The van der Waals surface area contributed by atoms with Gasteiger partial charge in [0.15, 0.2) is 5.78 Å². The normalized spacial score (nSPS) is 10.2. The zero-order valence-corrected chi connectivity index (χ0v) is 10.6. The lowest BCUT2D eigenvalue weighted by molar-refractivity contribution is 0.103. The molecule has 1 heterocycles. The number of hydrogen-bond acceptors (Lipinski definition) is 4. The highest BCUT2D eigenvalue weighted by Crippen LogP contribution is 2.17. The number of nitrogens with one attached hydrogen (secondary N) is 1. The van der Waals surface area contributed by atoms with Crippen molar-refractivity contribution in [1.29, 1.82) is 0 Å². The van der Waals surface area contributed by atoms with Gasteiger partial charge in [-0.15, -0.1) is 0 Å². The topological polar surface area (TPSA) is 55.1 Å². The number of nitrogens with zero attached hydrogens (tertiary/aromatic N) is 1. The second-order valence-electron chi connectivity index (χ2n) is 4.23. The summed E-state index contributed by atoms with van der Waals surface area (Å²) in [6, 6.07) is 16.8. The lowest BCUT2D eigenvalue weighted by Crippen LogP contribution is -2.01. The fourth-order valence-corrected chi connectivity index (χ4v) is 1.87. The Labute approximate surface area is 116 Å². The van der Waals surface area contributed by atoms with Crippen LogP contribution in [0.3, 0.4) is 0 Å². The maximum absolute atomic E-state index is 12.2. The number of benzene rings is 2. The first-order chi connectivity index (χ1) is 9.83. The molecule has 1 aromatic heterocycles. The maximum Gasteiger partial charge on any atom is 0.299 e. The Kier molecular flexibility index (Phi) is 3.29. The minimum Gasteiger partial charge on any atom is -0.432 e. The average molecular weight is 264 g/mol. The zero-order valence-electron chi connectivity index (χ0n) is 10.6. The fourth-order valence-electron chi connectivity index (χ4n) is 1.87. The van der Waals surface area contributed by atoms with Crippen LogP contribution in [0.1, 0.15) is 15.9 Å². The Balaban J connectivity index is 1.78. The molecule has 0 aliphatic rings. The van der Waals surface area contributed by atoms with Crippen molar-refractivity contribution in [1.82, 2.24) is 4.98 Å². The molecule has 1 N–H and O–H groups in total. The molecule has 0 atom stereocenters. The van der Waals surface area contributed by atoms with Gasteiger partial charge in [-0.05, 0) is 24.3 Å². The number of rotatable bonds is 4. The van der Waals surface area contributed by atoms with Crippen molar-refractivity contribution < 1.29 is 9.21 Å². The van der Waals surface area contributed by atoms with Crippen LogP contribution in [-0.4, -0.2) is 10.8 Å². The van der Waals surface area contributed by atoms with E-state index in [4.69, 9.17) is 4.42 Å². The monoisotopic (exact) mass is 264 g/mol. The second kappa shape index (κ2) is 5.40. The molecular formula is C16H12N2O2. The molecule has 3 aromatic rings. The number of hydrogen-bond donors (Lipinski definition) is 1. The van der Waals surface area contributed by atoms with E-state index in [-0.39, 0.29) is 5.78 Å². The predicted octanol–water partition coefficient (Wildman–Crippen LogP) is 3.65. The van der Waals surface area contributed by atoms with Crippen LogP contribution in [0.4, 0.5) is 11.7 Å². The molecule has 2 aromatic carbocycles. The van der Waals surface area contributed by atoms with Crippen LogP contribution in [0, 0.1) is 0 Å². The number of aromatic nitrogens is 1. The molecule has 0 radical (unpaired) electrons. The van der Waals surface area contributed by atoms with E-state index in [1.54, 1.807) is 30.5 Å². The van der Waals surface area contributed by atoms with E-state index in [1.165, 1.54) is 6.26 Å². The Morgan fingerprint density at radius 1 is 0.950 bits per heavy atom. The molecule has 98 valence electrons. The van der Waals surface area contributed by atoms with Gasteiger partial charge in [0.25, 0.3) is 6.01 Å². The quantitative estimate of drug-likeness (QED) is 0.731. The van der Waals surface area contributed by atoms with Crippen LogP contribution < -0.4 is 5.32 Å². The van der Waals surface area contributed by atoms with Gasteiger partial charge in [0.1, 0.15) is 6.26 Å². The molecule has 0 amide bonds. The highest BCUT2D eigenvalue weighted by molar-refractivity contribution is 6.09. The first-order valence-electron chi connectivity index (χ1n) is 6.19. The van der Waals surface area contributed by atoms with Crippen molar-refractivity contribution >= 4 is 17.5 Å². The van der Waals surface area contributed by atoms with Crippen molar-refractivity contribution in [3.05, 3.63) is 78.2 Å². The summed E-state index contributed by atoms with van der Waals surface area (Å²) in [4.78, 5) is 16.2. The third-order valence-corrected chi connectivity index (χ3v) is 2.87. The van der Waals surface area contributed by atoms with Crippen LogP contribution in [-0.2, 0) is 0 Å². The van der Waals surface area contributed by atoms with Crippen molar-refractivity contribution in [3.63, 3.8) is 0 Å². The number of anilines is 2. The van der Waals surface area contributed by atoms with Gasteiger partial charge in [0, 0.05) is 16.8 Å². The minimum atomic E-state index is 0.00766. The minimum absolute atomic E-state index is 0.00766. The average Bonchev–Trinajstić information content (AvgIpc) is 3.01. The number of carbonyl (C=O) groups excluding carboxylic acids is 1. The Morgan fingerprint density at radius 2 is 1.65 bits per heavy atom.